The molecule has 0 spiro atoms. The zero-order valence-corrected chi connectivity index (χ0v) is 13.3. The average molecular weight is 311 g/mol. The van der Waals surface area contributed by atoms with Crippen LogP contribution in [0.1, 0.15) is 29.0 Å². The highest BCUT2D eigenvalue weighted by molar-refractivity contribution is 5.92. The molecule has 2 aromatic rings. The van der Waals surface area contributed by atoms with E-state index in [2.05, 4.69) is 9.97 Å². The van der Waals surface area contributed by atoms with Crippen molar-refractivity contribution < 1.29 is 9.53 Å². The van der Waals surface area contributed by atoms with E-state index in [1.807, 2.05) is 36.1 Å². The van der Waals surface area contributed by atoms with Crippen molar-refractivity contribution in [1.82, 2.24) is 14.9 Å². The zero-order chi connectivity index (χ0) is 16.1. The summed E-state index contributed by atoms with van der Waals surface area (Å²) in [6.45, 7) is 4.17. The number of pyridine rings is 2. The Labute approximate surface area is 136 Å². The van der Waals surface area contributed by atoms with E-state index in [-0.39, 0.29) is 5.91 Å². The van der Waals surface area contributed by atoms with Gasteiger partial charge in [-0.1, -0.05) is 6.07 Å². The number of hydrogen-bond acceptors (Lipinski definition) is 4. The summed E-state index contributed by atoms with van der Waals surface area (Å²) in [4.78, 5) is 22.5. The normalized spacial score (nSPS) is 15.4. The average Bonchev–Trinajstić information content (AvgIpc) is 2.61. The minimum atomic E-state index is 0.0229. The number of piperidine rings is 1. The fraction of sp³-hybridized carbons (Fsp3) is 0.389. The second-order valence-corrected chi connectivity index (χ2v) is 5.89. The Morgan fingerprint density at radius 1 is 1.22 bits per heavy atom. The standard InChI is InChI=1S/C18H21N3O2/c1-14-12-16(5-9-19-14)23-13-15-6-10-21(11-7-15)18(22)17-4-2-3-8-20-17/h2-5,8-9,12,15H,6-7,10-11,13H2,1H3. The second kappa shape index (κ2) is 7.22. The van der Waals surface area contributed by atoms with E-state index in [0.717, 1.165) is 37.4 Å². The van der Waals surface area contributed by atoms with Crippen molar-refractivity contribution in [3.05, 3.63) is 54.1 Å². The maximum absolute atomic E-state index is 12.3. The van der Waals surface area contributed by atoms with Crippen LogP contribution >= 0.6 is 0 Å². The first kappa shape index (κ1) is 15.5. The Hall–Kier alpha value is -2.43. The molecule has 1 fully saturated rings. The number of aromatic nitrogens is 2. The molecule has 3 heterocycles. The van der Waals surface area contributed by atoms with E-state index in [4.69, 9.17) is 4.74 Å². The summed E-state index contributed by atoms with van der Waals surface area (Å²) in [7, 11) is 0. The van der Waals surface area contributed by atoms with Gasteiger partial charge in [0.05, 0.1) is 6.61 Å². The monoisotopic (exact) mass is 311 g/mol. The van der Waals surface area contributed by atoms with E-state index in [1.165, 1.54) is 0 Å². The smallest absolute Gasteiger partial charge is 0.272 e. The minimum absolute atomic E-state index is 0.0229. The van der Waals surface area contributed by atoms with Crippen LogP contribution in [-0.4, -0.2) is 40.5 Å². The fourth-order valence-electron chi connectivity index (χ4n) is 2.78. The lowest BCUT2D eigenvalue weighted by Crippen LogP contribution is -2.40. The summed E-state index contributed by atoms with van der Waals surface area (Å²) >= 11 is 0. The second-order valence-electron chi connectivity index (χ2n) is 5.89. The summed E-state index contributed by atoms with van der Waals surface area (Å²) in [5, 5.41) is 0. The third-order valence-corrected chi connectivity index (χ3v) is 4.14. The number of carbonyl (C=O) groups is 1. The van der Waals surface area contributed by atoms with E-state index in [9.17, 15) is 4.79 Å². The lowest BCUT2D eigenvalue weighted by molar-refractivity contribution is 0.0655. The van der Waals surface area contributed by atoms with Gasteiger partial charge in [0.2, 0.25) is 0 Å². The first-order chi connectivity index (χ1) is 11.2. The predicted octanol–water partition coefficient (Wildman–Crippen LogP) is 2.72. The first-order valence-corrected chi connectivity index (χ1v) is 7.98. The van der Waals surface area contributed by atoms with Gasteiger partial charge in [-0.15, -0.1) is 0 Å². The van der Waals surface area contributed by atoms with Crippen LogP contribution in [0.4, 0.5) is 0 Å². The van der Waals surface area contributed by atoms with Gasteiger partial charge in [-0.25, -0.2) is 0 Å². The lowest BCUT2D eigenvalue weighted by atomic mass is 9.97. The summed E-state index contributed by atoms with van der Waals surface area (Å²) in [6.07, 6.45) is 5.34. The highest BCUT2D eigenvalue weighted by Gasteiger charge is 2.24. The third-order valence-electron chi connectivity index (χ3n) is 4.14. The van der Waals surface area contributed by atoms with E-state index in [0.29, 0.717) is 18.2 Å². The number of aryl methyl sites for hydroxylation is 1. The van der Waals surface area contributed by atoms with Crippen LogP contribution in [0, 0.1) is 12.8 Å². The molecule has 0 atom stereocenters. The van der Waals surface area contributed by atoms with Crippen molar-refractivity contribution in [3.63, 3.8) is 0 Å². The SMILES string of the molecule is Cc1cc(OCC2CCN(C(=O)c3ccccn3)CC2)ccn1. The van der Waals surface area contributed by atoms with Gasteiger partial charge in [0, 0.05) is 37.2 Å². The number of nitrogens with zero attached hydrogens (tertiary/aromatic N) is 3. The first-order valence-electron chi connectivity index (χ1n) is 7.98. The Balaban J connectivity index is 1.48. The molecule has 1 saturated heterocycles. The third kappa shape index (κ3) is 4.06. The summed E-state index contributed by atoms with van der Waals surface area (Å²) in [6, 6.07) is 9.26. The van der Waals surface area contributed by atoms with E-state index in [1.54, 1.807) is 18.5 Å². The number of likely N-dealkylation sites (tertiary alicyclic amines) is 1. The molecule has 0 aliphatic carbocycles. The fourth-order valence-corrected chi connectivity index (χ4v) is 2.78. The molecule has 0 saturated carbocycles. The molecule has 1 aliphatic heterocycles. The Kier molecular flexibility index (Phi) is 4.86. The van der Waals surface area contributed by atoms with Gasteiger partial charge in [0.15, 0.2) is 0 Å². The van der Waals surface area contributed by atoms with Crippen LogP contribution in [0.5, 0.6) is 5.75 Å². The number of hydrogen-bond donors (Lipinski definition) is 0. The van der Waals surface area contributed by atoms with Crippen molar-refractivity contribution in [2.45, 2.75) is 19.8 Å². The molecular weight excluding hydrogens is 290 g/mol. The van der Waals surface area contributed by atoms with Crippen molar-refractivity contribution in [2.75, 3.05) is 19.7 Å². The number of rotatable bonds is 4. The number of ether oxygens (including phenoxy) is 1. The molecule has 0 radical (unpaired) electrons. The van der Waals surface area contributed by atoms with Crippen LogP contribution in [0.25, 0.3) is 0 Å². The molecule has 5 nitrogen and oxygen atoms in total. The van der Waals surface area contributed by atoms with Gasteiger partial charge in [-0.2, -0.15) is 0 Å². The molecule has 1 aliphatic rings. The van der Waals surface area contributed by atoms with Gasteiger partial charge >= 0.3 is 0 Å². The van der Waals surface area contributed by atoms with Crippen LogP contribution in [-0.2, 0) is 0 Å². The number of carbonyl (C=O) groups excluding carboxylic acids is 1. The Morgan fingerprint density at radius 3 is 2.74 bits per heavy atom. The quantitative estimate of drug-likeness (QED) is 0.871. The minimum Gasteiger partial charge on any atom is -0.493 e. The van der Waals surface area contributed by atoms with Crippen molar-refractivity contribution in [1.29, 1.82) is 0 Å². The molecule has 5 heteroatoms. The van der Waals surface area contributed by atoms with Crippen molar-refractivity contribution in [3.8, 4) is 5.75 Å². The molecule has 1 amide bonds. The molecule has 23 heavy (non-hydrogen) atoms. The van der Waals surface area contributed by atoms with Gasteiger partial charge < -0.3 is 9.64 Å². The largest absolute Gasteiger partial charge is 0.493 e. The lowest BCUT2D eigenvalue weighted by Gasteiger charge is -2.31. The van der Waals surface area contributed by atoms with Crippen molar-refractivity contribution >= 4 is 5.91 Å². The highest BCUT2D eigenvalue weighted by atomic mass is 16.5. The molecule has 2 aromatic heterocycles. The zero-order valence-electron chi connectivity index (χ0n) is 13.3. The molecule has 0 N–H and O–H groups in total. The van der Waals surface area contributed by atoms with Crippen LogP contribution < -0.4 is 4.74 Å². The molecule has 120 valence electrons. The maximum Gasteiger partial charge on any atom is 0.272 e. The van der Waals surface area contributed by atoms with Gasteiger partial charge in [-0.05, 0) is 43.9 Å². The van der Waals surface area contributed by atoms with E-state index < -0.39 is 0 Å². The summed E-state index contributed by atoms with van der Waals surface area (Å²) in [5.41, 5.74) is 1.48. The molecule has 0 bridgehead atoms. The van der Waals surface area contributed by atoms with Gasteiger partial charge in [0.25, 0.3) is 5.91 Å². The molecule has 0 unspecified atom stereocenters. The molecular formula is C18H21N3O2. The van der Waals surface area contributed by atoms with Crippen LogP contribution in [0.2, 0.25) is 0 Å². The molecule has 3 rings (SSSR count). The maximum atomic E-state index is 12.3. The van der Waals surface area contributed by atoms with E-state index >= 15 is 0 Å². The molecule has 0 aromatic carbocycles. The number of amides is 1. The highest BCUT2D eigenvalue weighted by Crippen LogP contribution is 2.20. The van der Waals surface area contributed by atoms with Crippen LogP contribution in [0.3, 0.4) is 0 Å². The predicted molar refractivity (Wildman–Crippen MR) is 87.3 cm³/mol. The Morgan fingerprint density at radius 2 is 2.04 bits per heavy atom. The van der Waals surface area contributed by atoms with Crippen molar-refractivity contribution in [2.24, 2.45) is 5.92 Å². The summed E-state index contributed by atoms with van der Waals surface area (Å²) in [5.74, 6) is 1.37. The topological polar surface area (TPSA) is 55.3 Å². The summed E-state index contributed by atoms with van der Waals surface area (Å²) < 4.78 is 5.85. The van der Waals surface area contributed by atoms with Crippen LogP contribution in [0.15, 0.2) is 42.7 Å². The van der Waals surface area contributed by atoms with Gasteiger partial charge in [0.1, 0.15) is 11.4 Å². The Bertz CT molecular complexity index is 652. The van der Waals surface area contributed by atoms with Gasteiger partial charge in [-0.3, -0.25) is 14.8 Å².